The van der Waals surface area contributed by atoms with E-state index in [1.807, 2.05) is 42.5 Å². The Labute approximate surface area is 105 Å². The van der Waals surface area contributed by atoms with E-state index in [1.54, 1.807) is 6.92 Å². The zero-order valence-electron chi connectivity index (χ0n) is 10.1. The lowest BCUT2D eigenvalue weighted by molar-refractivity contribution is -0.170. The molecule has 3 heteroatoms. The number of benzene rings is 2. The molecule has 1 aliphatic heterocycles. The fraction of sp³-hybridized carbons (Fsp3) is 0.200. The monoisotopic (exact) mass is 242 g/mol. The molecule has 1 heterocycles. The lowest BCUT2D eigenvalue weighted by atomic mass is 9.93. The van der Waals surface area contributed by atoms with Crippen molar-refractivity contribution >= 4 is 0 Å². The van der Waals surface area contributed by atoms with E-state index in [2.05, 4.69) is 0 Å². The van der Waals surface area contributed by atoms with Crippen molar-refractivity contribution in [3.63, 3.8) is 0 Å². The Morgan fingerprint density at radius 3 is 2.44 bits per heavy atom. The maximum atomic E-state index is 10.1. The third-order valence-corrected chi connectivity index (χ3v) is 3.27. The average Bonchev–Trinajstić information content (AvgIpc) is 3.17. The van der Waals surface area contributed by atoms with Gasteiger partial charge in [-0.1, -0.05) is 37.3 Å². The van der Waals surface area contributed by atoms with E-state index in [9.17, 15) is 10.2 Å². The van der Waals surface area contributed by atoms with Crippen LogP contribution < -0.4 is 4.74 Å². The van der Waals surface area contributed by atoms with Gasteiger partial charge in [-0.2, -0.15) is 0 Å². The van der Waals surface area contributed by atoms with Crippen LogP contribution in [0.4, 0.5) is 0 Å². The van der Waals surface area contributed by atoms with Gasteiger partial charge in [-0.15, -0.1) is 0 Å². The molecule has 0 amide bonds. The summed E-state index contributed by atoms with van der Waals surface area (Å²) in [7, 11) is 0. The maximum absolute atomic E-state index is 10.1. The number of hydrogen-bond donors (Lipinski definition) is 2. The summed E-state index contributed by atoms with van der Waals surface area (Å²) in [4.78, 5) is 0. The van der Waals surface area contributed by atoms with Gasteiger partial charge in [-0.05, 0) is 23.3 Å². The van der Waals surface area contributed by atoms with Gasteiger partial charge in [0.15, 0.2) is 17.3 Å². The second-order valence-corrected chi connectivity index (χ2v) is 4.45. The average molecular weight is 242 g/mol. The Morgan fingerprint density at radius 1 is 1.06 bits per heavy atom. The molecule has 0 saturated heterocycles. The molecule has 18 heavy (non-hydrogen) atoms. The first-order valence-electron chi connectivity index (χ1n) is 5.99. The van der Waals surface area contributed by atoms with E-state index >= 15 is 0 Å². The molecule has 1 aliphatic rings. The number of aliphatic hydroxyl groups is 2. The van der Waals surface area contributed by atoms with Gasteiger partial charge in [0, 0.05) is 6.42 Å². The van der Waals surface area contributed by atoms with Crippen LogP contribution in [0.5, 0.6) is 11.5 Å². The van der Waals surface area contributed by atoms with E-state index in [0.29, 0.717) is 11.3 Å². The Hall–Kier alpha value is -1.84. The second kappa shape index (κ2) is 3.83. The molecule has 2 aromatic carbocycles. The van der Waals surface area contributed by atoms with Gasteiger partial charge >= 0.3 is 0 Å². The molecule has 0 atom stereocenters. The van der Waals surface area contributed by atoms with Crippen LogP contribution in [-0.4, -0.2) is 10.2 Å². The van der Waals surface area contributed by atoms with Crippen LogP contribution in [0, 0.1) is 0 Å². The molecule has 0 aromatic heterocycles. The highest BCUT2D eigenvalue weighted by Crippen LogP contribution is 2.54. The largest absolute Gasteiger partial charge is 0.449 e. The standard InChI is InChI=1S/C15H14O3/c1-2-15(16,17)13-11(8-9-12-14(13)18-12)10-6-4-3-5-7-10/h3-9,16-17H,2H2,1H3. The molecule has 0 aliphatic carbocycles. The van der Waals surface area contributed by atoms with Crippen molar-refractivity contribution < 1.29 is 14.9 Å². The van der Waals surface area contributed by atoms with Crippen LogP contribution in [0.3, 0.4) is 0 Å². The maximum Gasteiger partial charge on any atom is 0.193 e. The number of hydrogen-bond acceptors (Lipinski definition) is 3. The first kappa shape index (κ1) is 11.3. The summed E-state index contributed by atoms with van der Waals surface area (Å²) < 4.78 is 5.30. The lowest BCUT2D eigenvalue weighted by Gasteiger charge is -2.22. The van der Waals surface area contributed by atoms with E-state index in [4.69, 9.17) is 4.74 Å². The van der Waals surface area contributed by atoms with Gasteiger partial charge in [-0.25, -0.2) is 0 Å². The van der Waals surface area contributed by atoms with Gasteiger partial charge in [0.1, 0.15) is 0 Å². The minimum Gasteiger partial charge on any atom is -0.449 e. The van der Waals surface area contributed by atoms with Crippen LogP contribution in [-0.2, 0) is 5.79 Å². The Kier molecular flexibility index (Phi) is 2.40. The summed E-state index contributed by atoms with van der Waals surface area (Å²) in [5, 5.41) is 20.3. The van der Waals surface area contributed by atoms with E-state index in [-0.39, 0.29) is 6.42 Å². The Bertz CT molecular complexity index is 588. The SMILES string of the molecule is CCC(O)(O)c1c(-c2ccccc2)ccc2c1O2. The lowest BCUT2D eigenvalue weighted by Crippen LogP contribution is -2.24. The topological polar surface area (TPSA) is 53.0 Å². The van der Waals surface area contributed by atoms with Gasteiger partial charge in [0.05, 0.1) is 5.56 Å². The van der Waals surface area contributed by atoms with Gasteiger partial charge in [-0.3, -0.25) is 0 Å². The van der Waals surface area contributed by atoms with E-state index in [0.717, 1.165) is 16.9 Å². The molecule has 3 nitrogen and oxygen atoms in total. The Balaban J connectivity index is 2.21. The van der Waals surface area contributed by atoms with E-state index < -0.39 is 5.79 Å². The Morgan fingerprint density at radius 2 is 1.78 bits per heavy atom. The van der Waals surface area contributed by atoms with Crippen molar-refractivity contribution in [3.05, 3.63) is 48.0 Å². The van der Waals surface area contributed by atoms with Crippen molar-refractivity contribution in [1.29, 1.82) is 0 Å². The smallest absolute Gasteiger partial charge is 0.193 e. The fourth-order valence-electron chi connectivity index (χ4n) is 2.17. The quantitative estimate of drug-likeness (QED) is 0.548. The molecule has 0 bridgehead atoms. The number of rotatable bonds is 3. The van der Waals surface area contributed by atoms with Crippen LogP contribution >= 0.6 is 0 Å². The predicted molar refractivity (Wildman–Crippen MR) is 68.4 cm³/mol. The van der Waals surface area contributed by atoms with Crippen molar-refractivity contribution in [1.82, 2.24) is 0 Å². The molecule has 2 N–H and O–H groups in total. The van der Waals surface area contributed by atoms with Crippen LogP contribution in [0.25, 0.3) is 11.1 Å². The zero-order valence-corrected chi connectivity index (χ0v) is 10.1. The van der Waals surface area contributed by atoms with Crippen LogP contribution in [0.1, 0.15) is 18.9 Å². The van der Waals surface area contributed by atoms with Crippen molar-refractivity contribution in [2.45, 2.75) is 19.1 Å². The predicted octanol–water partition coefficient (Wildman–Crippen LogP) is 3.01. The van der Waals surface area contributed by atoms with Crippen molar-refractivity contribution in [3.8, 4) is 22.6 Å². The van der Waals surface area contributed by atoms with Crippen LogP contribution in [0.15, 0.2) is 42.5 Å². The highest BCUT2D eigenvalue weighted by atomic mass is 16.6. The van der Waals surface area contributed by atoms with Gasteiger partial charge in [0.2, 0.25) is 0 Å². The van der Waals surface area contributed by atoms with Crippen molar-refractivity contribution in [2.24, 2.45) is 0 Å². The third-order valence-electron chi connectivity index (χ3n) is 3.27. The van der Waals surface area contributed by atoms with Gasteiger partial charge in [0.25, 0.3) is 0 Å². The summed E-state index contributed by atoms with van der Waals surface area (Å²) in [6, 6.07) is 13.4. The molecule has 0 unspecified atom stereocenters. The summed E-state index contributed by atoms with van der Waals surface area (Å²) in [6.07, 6.45) is 0.215. The first-order valence-corrected chi connectivity index (χ1v) is 5.99. The molecule has 3 rings (SSSR count). The molecule has 2 aromatic rings. The molecule has 0 fully saturated rings. The summed E-state index contributed by atoms with van der Waals surface area (Å²) in [5.41, 5.74) is 2.22. The molecule has 92 valence electrons. The van der Waals surface area contributed by atoms with Crippen molar-refractivity contribution in [2.75, 3.05) is 0 Å². The molecule has 0 saturated carbocycles. The second-order valence-electron chi connectivity index (χ2n) is 4.45. The summed E-state index contributed by atoms with van der Waals surface area (Å²) >= 11 is 0. The normalized spacial score (nSPS) is 12.8. The third kappa shape index (κ3) is 1.68. The first-order chi connectivity index (χ1) is 8.63. The number of fused-ring (bicyclic) bond motifs is 1. The van der Waals surface area contributed by atoms with E-state index in [1.165, 1.54) is 0 Å². The molecule has 0 radical (unpaired) electrons. The van der Waals surface area contributed by atoms with Crippen LogP contribution in [0.2, 0.25) is 0 Å². The minimum atomic E-state index is -1.85. The fourth-order valence-corrected chi connectivity index (χ4v) is 2.17. The highest BCUT2D eigenvalue weighted by Gasteiger charge is 2.38. The summed E-state index contributed by atoms with van der Waals surface area (Å²) in [5.74, 6) is -0.527. The molecular formula is C15H14O3. The van der Waals surface area contributed by atoms with Gasteiger partial charge < -0.3 is 14.9 Å². The number of ether oxygens (including phenoxy) is 1. The highest BCUT2D eigenvalue weighted by molar-refractivity contribution is 5.77. The minimum absolute atomic E-state index is 0.215. The summed E-state index contributed by atoms with van der Waals surface area (Å²) in [6.45, 7) is 1.73. The zero-order chi connectivity index (χ0) is 12.8. The molecule has 0 spiro atoms. The molecular weight excluding hydrogens is 228 g/mol.